The van der Waals surface area contributed by atoms with Crippen molar-refractivity contribution in [1.82, 2.24) is 0 Å². The van der Waals surface area contributed by atoms with E-state index < -0.39 is 5.91 Å². The molecule has 1 aliphatic rings. The zero-order chi connectivity index (χ0) is 15.8. The predicted octanol–water partition coefficient (Wildman–Crippen LogP) is 4.46. The molecule has 0 radical (unpaired) electrons. The topological polar surface area (TPSA) is 55.1 Å². The van der Waals surface area contributed by atoms with Gasteiger partial charge in [0.05, 0.1) is 10.7 Å². The van der Waals surface area contributed by atoms with E-state index in [-0.39, 0.29) is 0 Å². The third-order valence-corrected chi connectivity index (χ3v) is 4.50. The zero-order valence-corrected chi connectivity index (χ0v) is 14.1. The largest absolute Gasteiger partial charge is 0.381 e. The number of primary amides is 1. The zero-order valence-electron chi connectivity index (χ0n) is 13.3. The van der Waals surface area contributed by atoms with Crippen molar-refractivity contribution in [1.29, 1.82) is 0 Å². The van der Waals surface area contributed by atoms with Crippen LogP contribution in [0.5, 0.6) is 0 Å². The Bertz CT molecular complexity index is 536. The fraction of sp³-hybridized carbons (Fsp3) is 0.588. The maximum absolute atomic E-state index is 11.3. The highest BCUT2D eigenvalue weighted by Gasteiger charge is 2.38. The average Bonchev–Trinajstić information content (AvgIpc) is 2.27. The molecular formula is C17H25ClN2O. The highest BCUT2D eigenvalue weighted by atomic mass is 35.5. The number of nitrogens with one attached hydrogen (secondary N) is 1. The van der Waals surface area contributed by atoms with Crippen LogP contribution in [-0.2, 0) is 0 Å². The van der Waals surface area contributed by atoms with Gasteiger partial charge in [-0.25, -0.2) is 0 Å². The minimum atomic E-state index is -0.431. The van der Waals surface area contributed by atoms with E-state index in [1.165, 1.54) is 6.42 Å². The molecule has 21 heavy (non-hydrogen) atoms. The van der Waals surface area contributed by atoms with Crippen LogP contribution in [0.15, 0.2) is 18.2 Å². The predicted molar refractivity (Wildman–Crippen MR) is 88.8 cm³/mol. The maximum Gasteiger partial charge on any atom is 0.248 e. The standard InChI is InChI=1S/C17H25ClN2O/c1-16(2)8-12(9-17(3,4)10-16)20-14-7-11(15(19)21)5-6-13(14)18/h5-7,12,20H,8-10H2,1-4H3,(H2,19,21). The number of rotatable bonds is 3. The highest BCUT2D eigenvalue weighted by molar-refractivity contribution is 6.33. The van der Waals surface area contributed by atoms with Crippen LogP contribution in [0.25, 0.3) is 0 Å². The van der Waals surface area contributed by atoms with Crippen molar-refractivity contribution >= 4 is 23.2 Å². The lowest BCUT2D eigenvalue weighted by Gasteiger charge is -2.45. The molecule has 0 unspecified atom stereocenters. The lowest BCUT2D eigenvalue weighted by atomic mass is 9.63. The first-order valence-corrected chi connectivity index (χ1v) is 7.82. The van der Waals surface area contributed by atoms with Gasteiger partial charge in [0, 0.05) is 11.6 Å². The number of hydrogen-bond donors (Lipinski definition) is 2. The van der Waals surface area contributed by atoms with Gasteiger partial charge in [-0.2, -0.15) is 0 Å². The van der Waals surface area contributed by atoms with Gasteiger partial charge in [0.2, 0.25) is 5.91 Å². The quantitative estimate of drug-likeness (QED) is 0.866. The summed E-state index contributed by atoms with van der Waals surface area (Å²) in [5.41, 5.74) is 7.22. The number of benzene rings is 1. The van der Waals surface area contributed by atoms with Crippen LogP contribution < -0.4 is 11.1 Å². The second kappa shape index (κ2) is 5.53. The Morgan fingerprint density at radius 1 is 1.24 bits per heavy atom. The van der Waals surface area contributed by atoms with Crippen molar-refractivity contribution in [2.24, 2.45) is 16.6 Å². The van der Waals surface area contributed by atoms with Crippen molar-refractivity contribution in [2.45, 2.75) is 53.0 Å². The van der Waals surface area contributed by atoms with Crippen molar-refractivity contribution in [3.05, 3.63) is 28.8 Å². The number of hydrogen-bond acceptors (Lipinski definition) is 2. The van der Waals surface area contributed by atoms with Gasteiger partial charge < -0.3 is 11.1 Å². The summed E-state index contributed by atoms with van der Waals surface area (Å²) in [7, 11) is 0. The molecule has 0 atom stereocenters. The van der Waals surface area contributed by atoms with E-state index in [0.717, 1.165) is 18.5 Å². The first-order valence-electron chi connectivity index (χ1n) is 7.44. The Balaban J connectivity index is 2.21. The lowest BCUT2D eigenvalue weighted by Crippen LogP contribution is -2.40. The summed E-state index contributed by atoms with van der Waals surface area (Å²) in [5.74, 6) is -0.431. The second-order valence-electron chi connectivity index (χ2n) is 7.81. The number of carbonyl (C=O) groups excluding carboxylic acids is 1. The monoisotopic (exact) mass is 308 g/mol. The summed E-state index contributed by atoms with van der Waals surface area (Å²) < 4.78 is 0. The molecule has 1 aliphatic carbocycles. The second-order valence-corrected chi connectivity index (χ2v) is 8.22. The molecule has 0 aromatic heterocycles. The number of anilines is 1. The lowest BCUT2D eigenvalue weighted by molar-refractivity contribution is 0.0998. The Kier molecular flexibility index (Phi) is 4.25. The Labute approximate surface area is 132 Å². The molecule has 116 valence electrons. The van der Waals surface area contributed by atoms with Crippen LogP contribution in [0.4, 0.5) is 5.69 Å². The third kappa shape index (κ3) is 4.13. The summed E-state index contributed by atoms with van der Waals surface area (Å²) in [6, 6.07) is 5.48. The number of amides is 1. The van der Waals surface area contributed by atoms with E-state index in [1.807, 2.05) is 0 Å². The SMILES string of the molecule is CC1(C)CC(Nc2cc(C(N)=O)ccc2Cl)CC(C)(C)C1. The number of nitrogens with two attached hydrogens (primary N) is 1. The summed E-state index contributed by atoms with van der Waals surface area (Å²) in [4.78, 5) is 11.3. The van der Waals surface area contributed by atoms with E-state index >= 15 is 0 Å². The summed E-state index contributed by atoms with van der Waals surface area (Å²) >= 11 is 6.25. The van der Waals surface area contributed by atoms with E-state index in [0.29, 0.717) is 27.5 Å². The van der Waals surface area contributed by atoms with Gasteiger partial charge in [0.1, 0.15) is 0 Å². The number of carbonyl (C=O) groups is 1. The van der Waals surface area contributed by atoms with Gasteiger partial charge >= 0.3 is 0 Å². The van der Waals surface area contributed by atoms with Gasteiger partial charge in [-0.1, -0.05) is 39.3 Å². The molecule has 1 aromatic carbocycles. The molecule has 0 heterocycles. The van der Waals surface area contributed by atoms with Crippen molar-refractivity contribution in [3.63, 3.8) is 0 Å². The Morgan fingerprint density at radius 3 is 2.33 bits per heavy atom. The molecule has 3 N–H and O–H groups in total. The molecule has 1 aromatic rings. The van der Waals surface area contributed by atoms with Gasteiger partial charge in [-0.3, -0.25) is 4.79 Å². The molecule has 0 saturated heterocycles. The first kappa shape index (κ1) is 16.2. The van der Waals surface area contributed by atoms with Crippen molar-refractivity contribution < 1.29 is 4.79 Å². The van der Waals surface area contributed by atoms with Crippen LogP contribution in [0.3, 0.4) is 0 Å². The van der Waals surface area contributed by atoms with Gasteiger partial charge in [-0.05, 0) is 48.3 Å². The molecule has 0 aliphatic heterocycles. The molecule has 1 fully saturated rings. The third-order valence-electron chi connectivity index (χ3n) is 4.17. The van der Waals surface area contributed by atoms with Crippen LogP contribution in [0.2, 0.25) is 5.02 Å². The van der Waals surface area contributed by atoms with Crippen molar-refractivity contribution in [2.75, 3.05) is 5.32 Å². The maximum atomic E-state index is 11.3. The molecule has 4 heteroatoms. The Morgan fingerprint density at radius 2 is 1.81 bits per heavy atom. The van der Waals surface area contributed by atoms with Gasteiger partial charge in [0.15, 0.2) is 0 Å². The summed E-state index contributed by atoms with van der Waals surface area (Å²) in [6.07, 6.45) is 3.40. The molecule has 0 bridgehead atoms. The minimum absolute atomic E-state index is 0.299. The smallest absolute Gasteiger partial charge is 0.248 e. The molecule has 3 nitrogen and oxygen atoms in total. The van der Waals surface area contributed by atoms with Gasteiger partial charge in [0.25, 0.3) is 0 Å². The summed E-state index contributed by atoms with van der Waals surface area (Å²) in [6.45, 7) is 9.24. The van der Waals surface area contributed by atoms with E-state index in [1.54, 1.807) is 18.2 Å². The first-order chi connectivity index (χ1) is 9.58. The fourth-order valence-corrected chi connectivity index (χ4v) is 4.13. The summed E-state index contributed by atoms with van der Waals surface area (Å²) in [5, 5.41) is 4.14. The van der Waals surface area contributed by atoms with Crippen LogP contribution in [0.1, 0.15) is 57.3 Å². The normalized spacial score (nSPS) is 21.0. The molecule has 2 rings (SSSR count). The fourth-order valence-electron chi connectivity index (χ4n) is 3.96. The number of halogens is 1. The van der Waals surface area contributed by atoms with Crippen LogP contribution in [0, 0.1) is 10.8 Å². The van der Waals surface area contributed by atoms with E-state index in [4.69, 9.17) is 17.3 Å². The minimum Gasteiger partial charge on any atom is -0.381 e. The molecule has 1 saturated carbocycles. The van der Waals surface area contributed by atoms with Gasteiger partial charge in [-0.15, -0.1) is 0 Å². The van der Waals surface area contributed by atoms with Crippen LogP contribution >= 0.6 is 11.6 Å². The molecule has 1 amide bonds. The van der Waals surface area contributed by atoms with E-state index in [2.05, 4.69) is 33.0 Å². The van der Waals surface area contributed by atoms with E-state index in [9.17, 15) is 4.79 Å². The molecule has 0 spiro atoms. The van der Waals surface area contributed by atoms with Crippen LogP contribution in [-0.4, -0.2) is 11.9 Å². The van der Waals surface area contributed by atoms with Crippen molar-refractivity contribution in [3.8, 4) is 0 Å². The average molecular weight is 309 g/mol. The molecular weight excluding hydrogens is 284 g/mol. The Hall–Kier alpha value is -1.22. The highest BCUT2D eigenvalue weighted by Crippen LogP contribution is 2.46.